The first-order chi connectivity index (χ1) is 19.3. The minimum absolute atomic E-state index is 0.105. The molecule has 40 heavy (non-hydrogen) atoms. The van der Waals surface area contributed by atoms with E-state index in [0.717, 1.165) is 35.6 Å². The number of hydrogen-bond acceptors (Lipinski definition) is 8. The monoisotopic (exact) mass is 543 g/mol. The van der Waals surface area contributed by atoms with Crippen LogP contribution in [0, 0.1) is 24.0 Å². The predicted molar refractivity (Wildman–Crippen MR) is 156 cm³/mol. The van der Waals surface area contributed by atoms with Gasteiger partial charge in [0.1, 0.15) is 16.7 Å². The third-order valence-corrected chi connectivity index (χ3v) is 7.29. The van der Waals surface area contributed by atoms with Gasteiger partial charge in [-0.3, -0.25) is 14.9 Å². The summed E-state index contributed by atoms with van der Waals surface area (Å²) in [6, 6.07) is 14.5. The molecule has 11 nitrogen and oxygen atoms in total. The van der Waals surface area contributed by atoms with Crippen LogP contribution in [-0.4, -0.2) is 65.2 Å². The number of morpholine rings is 1. The second-order valence-electron chi connectivity index (χ2n) is 9.80. The fraction of sp³-hybridized carbons (Fsp3) is 0.345. The second kappa shape index (κ2) is 11.3. The molecule has 1 amide bonds. The van der Waals surface area contributed by atoms with Crippen molar-refractivity contribution in [3.05, 3.63) is 75.3 Å². The molecule has 0 unspecified atom stereocenters. The molecule has 2 heterocycles. The number of nitro benzene ring substituents is 1. The number of hydrogen-bond donors (Lipinski definition) is 1. The number of benzene rings is 3. The normalized spacial score (nSPS) is 13.4. The molecule has 0 radical (unpaired) electrons. The van der Waals surface area contributed by atoms with Crippen molar-refractivity contribution in [1.82, 2.24) is 15.0 Å². The van der Waals surface area contributed by atoms with Gasteiger partial charge < -0.3 is 19.9 Å². The Morgan fingerprint density at radius 1 is 0.975 bits per heavy atom. The Morgan fingerprint density at radius 2 is 1.65 bits per heavy atom. The quantitative estimate of drug-likeness (QED) is 0.247. The number of aryl methyl sites for hydroxylation is 2. The molecule has 11 heteroatoms. The highest BCUT2D eigenvalue weighted by atomic mass is 16.6. The molecule has 0 aliphatic carbocycles. The summed E-state index contributed by atoms with van der Waals surface area (Å²) in [5.74, 6) is -0.436. The van der Waals surface area contributed by atoms with Crippen LogP contribution in [0.1, 0.15) is 35.3 Å². The van der Waals surface area contributed by atoms with Crippen LogP contribution in [0.4, 0.5) is 22.7 Å². The molecule has 1 aliphatic rings. The fourth-order valence-corrected chi connectivity index (χ4v) is 5.04. The van der Waals surface area contributed by atoms with E-state index in [1.54, 1.807) is 23.0 Å². The number of carbonyl (C=O) groups is 1. The Bertz CT molecular complexity index is 1570. The zero-order valence-corrected chi connectivity index (χ0v) is 23.2. The summed E-state index contributed by atoms with van der Waals surface area (Å²) >= 11 is 0. The van der Waals surface area contributed by atoms with E-state index in [9.17, 15) is 14.9 Å². The van der Waals surface area contributed by atoms with Crippen LogP contribution < -0.4 is 15.1 Å². The van der Waals surface area contributed by atoms with Gasteiger partial charge in [-0.15, -0.1) is 10.2 Å². The van der Waals surface area contributed by atoms with Gasteiger partial charge >= 0.3 is 0 Å². The average molecular weight is 544 g/mol. The van der Waals surface area contributed by atoms with Gasteiger partial charge in [0.25, 0.3) is 11.6 Å². The van der Waals surface area contributed by atoms with Crippen LogP contribution in [0.3, 0.4) is 0 Å². The maximum Gasteiger partial charge on any atom is 0.293 e. The molecule has 208 valence electrons. The lowest BCUT2D eigenvalue weighted by molar-refractivity contribution is -0.384. The van der Waals surface area contributed by atoms with E-state index in [0.29, 0.717) is 48.7 Å². The number of rotatable bonds is 8. The van der Waals surface area contributed by atoms with E-state index in [2.05, 4.69) is 46.4 Å². The summed E-state index contributed by atoms with van der Waals surface area (Å²) in [4.78, 5) is 30.3. The third-order valence-electron chi connectivity index (χ3n) is 7.29. The summed E-state index contributed by atoms with van der Waals surface area (Å²) in [6.45, 7) is 12.2. The number of carbonyl (C=O) groups excluding carboxylic acids is 1. The molecular formula is C29H33N7O4. The van der Waals surface area contributed by atoms with Gasteiger partial charge in [-0.2, -0.15) is 4.80 Å². The Morgan fingerprint density at radius 3 is 2.30 bits per heavy atom. The zero-order chi connectivity index (χ0) is 28.4. The SMILES string of the molecule is CCN(CC)c1ccc(-n2nc3cc(C)c(NC(=O)c4ccc(N5CCOCC5)c([N+](=O)[O-])c4)cc3n2)c(C)c1. The number of nitrogens with zero attached hydrogens (tertiary/aromatic N) is 6. The first-order valence-corrected chi connectivity index (χ1v) is 13.4. The molecule has 4 aromatic rings. The molecule has 1 N–H and O–H groups in total. The van der Waals surface area contributed by atoms with Gasteiger partial charge in [0.05, 0.1) is 23.8 Å². The summed E-state index contributed by atoms with van der Waals surface area (Å²) in [7, 11) is 0. The van der Waals surface area contributed by atoms with Gasteiger partial charge in [0, 0.05) is 49.2 Å². The molecule has 1 aliphatic heterocycles. The van der Waals surface area contributed by atoms with E-state index in [1.807, 2.05) is 30.9 Å². The highest BCUT2D eigenvalue weighted by Gasteiger charge is 2.24. The molecule has 5 rings (SSSR count). The molecule has 3 aromatic carbocycles. The third kappa shape index (κ3) is 5.32. The van der Waals surface area contributed by atoms with Crippen molar-refractivity contribution in [2.24, 2.45) is 0 Å². The number of aromatic nitrogens is 3. The van der Waals surface area contributed by atoms with E-state index in [4.69, 9.17) is 4.74 Å². The summed E-state index contributed by atoms with van der Waals surface area (Å²) < 4.78 is 5.36. The lowest BCUT2D eigenvalue weighted by Crippen LogP contribution is -2.36. The Labute approximate surface area is 232 Å². The van der Waals surface area contributed by atoms with Crippen LogP contribution in [0.5, 0.6) is 0 Å². The van der Waals surface area contributed by atoms with Crippen LogP contribution >= 0.6 is 0 Å². The van der Waals surface area contributed by atoms with E-state index in [1.165, 1.54) is 6.07 Å². The fourth-order valence-electron chi connectivity index (χ4n) is 5.04. The van der Waals surface area contributed by atoms with E-state index >= 15 is 0 Å². The minimum Gasteiger partial charge on any atom is -0.378 e. The lowest BCUT2D eigenvalue weighted by Gasteiger charge is -2.28. The summed E-state index contributed by atoms with van der Waals surface area (Å²) in [5, 5.41) is 24.1. The van der Waals surface area contributed by atoms with Gasteiger partial charge in [-0.1, -0.05) is 0 Å². The minimum atomic E-state index is -0.451. The van der Waals surface area contributed by atoms with Gasteiger partial charge in [0.2, 0.25) is 0 Å². The summed E-state index contributed by atoms with van der Waals surface area (Å²) in [6.07, 6.45) is 0. The molecule has 0 bridgehead atoms. The largest absolute Gasteiger partial charge is 0.378 e. The highest BCUT2D eigenvalue weighted by molar-refractivity contribution is 6.06. The maximum absolute atomic E-state index is 13.2. The van der Waals surface area contributed by atoms with Crippen molar-refractivity contribution in [3.8, 4) is 5.69 Å². The topological polar surface area (TPSA) is 119 Å². The lowest BCUT2D eigenvalue weighted by atomic mass is 10.1. The van der Waals surface area contributed by atoms with Crippen molar-refractivity contribution >= 4 is 39.7 Å². The molecule has 1 aromatic heterocycles. The van der Waals surface area contributed by atoms with Crippen LogP contribution in [-0.2, 0) is 4.74 Å². The van der Waals surface area contributed by atoms with Crippen molar-refractivity contribution in [3.63, 3.8) is 0 Å². The van der Waals surface area contributed by atoms with Crippen LogP contribution in [0.15, 0.2) is 48.5 Å². The Balaban J connectivity index is 1.40. The first-order valence-electron chi connectivity index (χ1n) is 13.4. The highest BCUT2D eigenvalue weighted by Crippen LogP contribution is 2.31. The van der Waals surface area contributed by atoms with Crippen molar-refractivity contribution in [2.45, 2.75) is 27.7 Å². The number of nitro groups is 1. The standard InChI is InChI=1S/C29H33N7O4/c1-5-33(6-2)22-8-10-26(20(4)15-22)35-31-24-16-19(3)23(18-25(24)32-35)30-29(37)21-7-9-27(28(17-21)36(38)39)34-11-13-40-14-12-34/h7-10,15-18H,5-6,11-14H2,1-4H3,(H,30,37). The number of ether oxygens (including phenoxy) is 1. The molecular weight excluding hydrogens is 510 g/mol. The molecule has 0 atom stereocenters. The molecule has 1 fully saturated rings. The smallest absolute Gasteiger partial charge is 0.293 e. The van der Waals surface area contributed by atoms with Crippen molar-refractivity contribution < 1.29 is 14.5 Å². The Kier molecular flexibility index (Phi) is 7.65. The van der Waals surface area contributed by atoms with Crippen molar-refractivity contribution in [2.75, 3.05) is 54.5 Å². The number of nitrogens with one attached hydrogen (secondary N) is 1. The number of fused-ring (bicyclic) bond motifs is 1. The van der Waals surface area contributed by atoms with Gasteiger partial charge in [0.15, 0.2) is 0 Å². The molecule has 0 spiro atoms. The second-order valence-corrected chi connectivity index (χ2v) is 9.80. The van der Waals surface area contributed by atoms with Crippen LogP contribution in [0.2, 0.25) is 0 Å². The van der Waals surface area contributed by atoms with Gasteiger partial charge in [-0.05, 0) is 81.3 Å². The van der Waals surface area contributed by atoms with Gasteiger partial charge in [-0.25, -0.2) is 0 Å². The van der Waals surface area contributed by atoms with E-state index < -0.39 is 10.8 Å². The van der Waals surface area contributed by atoms with Crippen LogP contribution in [0.25, 0.3) is 16.7 Å². The number of amides is 1. The first kappa shape index (κ1) is 27.1. The molecule has 0 saturated carbocycles. The number of anilines is 3. The zero-order valence-electron chi connectivity index (χ0n) is 23.2. The summed E-state index contributed by atoms with van der Waals surface area (Å²) in [5.41, 5.74) is 6.37. The molecule has 1 saturated heterocycles. The van der Waals surface area contributed by atoms with E-state index in [-0.39, 0.29) is 11.3 Å². The average Bonchev–Trinajstić information content (AvgIpc) is 3.36. The Hall–Kier alpha value is -4.51. The predicted octanol–water partition coefficient (Wildman–Crippen LogP) is 4.88. The van der Waals surface area contributed by atoms with Crippen molar-refractivity contribution in [1.29, 1.82) is 0 Å². The maximum atomic E-state index is 13.2.